The van der Waals surface area contributed by atoms with Gasteiger partial charge in [0.25, 0.3) is 0 Å². The summed E-state index contributed by atoms with van der Waals surface area (Å²) in [6.45, 7) is 1.75. The van der Waals surface area contributed by atoms with Crippen LogP contribution >= 0.6 is 0 Å². The predicted molar refractivity (Wildman–Crippen MR) is 33.1 cm³/mol. The Morgan fingerprint density at radius 2 is 2.22 bits per heavy atom. The second kappa shape index (κ2) is 2.33. The molecule has 1 heterocycles. The van der Waals surface area contributed by atoms with Gasteiger partial charge in [-0.2, -0.15) is 5.10 Å². The Hall–Kier alpha value is -0.610. The fourth-order valence-electron chi connectivity index (χ4n) is 0.697. The monoisotopic (exact) mass is 130 g/mol. The Labute approximate surface area is 53.2 Å². The fourth-order valence-corrected chi connectivity index (χ4v) is 0.697. The van der Waals surface area contributed by atoms with Crippen molar-refractivity contribution in [2.45, 2.75) is 25.2 Å². The van der Waals surface area contributed by atoms with Crippen molar-refractivity contribution in [1.82, 2.24) is 5.43 Å². The van der Waals surface area contributed by atoms with Gasteiger partial charge in [0.1, 0.15) is 12.2 Å². The van der Waals surface area contributed by atoms with Gasteiger partial charge in [-0.15, -0.1) is 0 Å². The maximum atomic E-state index is 9.04. The highest BCUT2D eigenvalue weighted by Crippen LogP contribution is 2.01. The summed E-state index contributed by atoms with van der Waals surface area (Å²) in [5.74, 6) is 0. The van der Waals surface area contributed by atoms with Crippen molar-refractivity contribution in [1.29, 1.82) is 0 Å². The van der Waals surface area contributed by atoms with Gasteiger partial charge in [-0.25, -0.2) is 0 Å². The molecule has 1 aliphatic heterocycles. The van der Waals surface area contributed by atoms with Gasteiger partial charge in [0.15, 0.2) is 0 Å². The van der Waals surface area contributed by atoms with Crippen molar-refractivity contribution in [3.05, 3.63) is 0 Å². The predicted octanol–water partition coefficient (Wildman–Crippen LogP) is -1.31. The van der Waals surface area contributed by atoms with E-state index in [0.29, 0.717) is 0 Å². The Balaban J connectivity index is 2.58. The zero-order valence-electron chi connectivity index (χ0n) is 5.15. The van der Waals surface area contributed by atoms with Crippen LogP contribution in [0.2, 0.25) is 0 Å². The van der Waals surface area contributed by atoms with Crippen molar-refractivity contribution in [2.75, 3.05) is 0 Å². The minimum atomic E-state index is -0.818. The number of hydrazone groups is 1. The number of rotatable bonds is 0. The molecule has 0 saturated carbocycles. The Morgan fingerprint density at radius 3 is 2.67 bits per heavy atom. The summed E-state index contributed by atoms with van der Waals surface area (Å²) >= 11 is 0. The SMILES string of the molecule is C[C@@H]1NN=C[C@@H](O)[C@@H]1O. The highest BCUT2D eigenvalue weighted by Gasteiger charge is 2.23. The molecule has 1 rings (SSSR count). The fraction of sp³-hybridized carbons (Fsp3) is 0.800. The quantitative estimate of drug-likeness (QED) is 0.381. The molecule has 0 aromatic heterocycles. The van der Waals surface area contributed by atoms with Crippen LogP contribution in [0.3, 0.4) is 0 Å². The normalized spacial score (nSPS) is 42.3. The number of hydrogen-bond acceptors (Lipinski definition) is 4. The molecule has 9 heavy (non-hydrogen) atoms. The first-order valence-corrected chi connectivity index (χ1v) is 2.86. The first kappa shape index (κ1) is 6.51. The largest absolute Gasteiger partial charge is 0.388 e. The highest BCUT2D eigenvalue weighted by molar-refractivity contribution is 5.64. The summed E-state index contributed by atoms with van der Waals surface area (Å²) < 4.78 is 0. The topological polar surface area (TPSA) is 64.9 Å². The summed E-state index contributed by atoms with van der Waals surface area (Å²) in [5, 5.41) is 21.6. The lowest BCUT2D eigenvalue weighted by atomic mass is 10.1. The molecule has 0 aromatic carbocycles. The molecule has 0 spiro atoms. The van der Waals surface area contributed by atoms with Gasteiger partial charge in [-0.3, -0.25) is 0 Å². The molecule has 4 nitrogen and oxygen atoms in total. The molecular weight excluding hydrogens is 120 g/mol. The van der Waals surface area contributed by atoms with Crippen LogP contribution in [0.1, 0.15) is 6.92 Å². The van der Waals surface area contributed by atoms with Crippen LogP contribution < -0.4 is 5.43 Å². The van der Waals surface area contributed by atoms with Crippen LogP contribution in [0.5, 0.6) is 0 Å². The third-order valence-corrected chi connectivity index (χ3v) is 1.37. The standard InChI is InChI=1S/C5H10N2O2/c1-3-5(9)4(8)2-6-7-3/h2-5,7-9H,1H3/t3-,4+,5+/m0/s1. The second-order valence-corrected chi connectivity index (χ2v) is 2.18. The molecule has 0 saturated heterocycles. The van der Waals surface area contributed by atoms with E-state index in [1.165, 1.54) is 6.21 Å². The van der Waals surface area contributed by atoms with Crippen molar-refractivity contribution in [2.24, 2.45) is 5.10 Å². The summed E-state index contributed by atoms with van der Waals surface area (Å²) in [4.78, 5) is 0. The third-order valence-electron chi connectivity index (χ3n) is 1.37. The highest BCUT2D eigenvalue weighted by atomic mass is 16.3. The van der Waals surface area contributed by atoms with E-state index < -0.39 is 12.2 Å². The van der Waals surface area contributed by atoms with E-state index in [1.807, 2.05) is 0 Å². The molecule has 0 bridgehead atoms. The van der Waals surface area contributed by atoms with E-state index >= 15 is 0 Å². The molecular formula is C5H10N2O2. The van der Waals surface area contributed by atoms with Crippen LogP contribution in [0.15, 0.2) is 5.10 Å². The number of nitrogens with zero attached hydrogens (tertiary/aromatic N) is 1. The first-order valence-electron chi connectivity index (χ1n) is 2.86. The van der Waals surface area contributed by atoms with Crippen molar-refractivity contribution >= 4 is 6.21 Å². The molecule has 0 aliphatic carbocycles. The Bertz CT molecular complexity index is 126. The summed E-state index contributed by atoms with van der Waals surface area (Å²) in [7, 11) is 0. The molecule has 0 radical (unpaired) electrons. The average molecular weight is 130 g/mol. The summed E-state index contributed by atoms with van der Waals surface area (Å²) in [6.07, 6.45) is -0.270. The van der Waals surface area contributed by atoms with Crippen LogP contribution in [-0.4, -0.2) is 34.7 Å². The number of hydrogen-bond donors (Lipinski definition) is 3. The van der Waals surface area contributed by atoms with Crippen molar-refractivity contribution in [3.8, 4) is 0 Å². The Morgan fingerprint density at radius 1 is 1.56 bits per heavy atom. The van der Waals surface area contributed by atoms with Crippen molar-refractivity contribution in [3.63, 3.8) is 0 Å². The maximum absolute atomic E-state index is 9.04. The zero-order valence-corrected chi connectivity index (χ0v) is 5.15. The lowest BCUT2D eigenvalue weighted by molar-refractivity contribution is 0.0323. The molecule has 0 fully saturated rings. The molecule has 52 valence electrons. The minimum Gasteiger partial charge on any atom is -0.388 e. The lowest BCUT2D eigenvalue weighted by Crippen LogP contribution is -2.47. The van der Waals surface area contributed by atoms with E-state index in [-0.39, 0.29) is 6.04 Å². The van der Waals surface area contributed by atoms with Gasteiger partial charge in [0.05, 0.1) is 12.3 Å². The molecule has 3 atom stereocenters. The number of nitrogens with one attached hydrogen (secondary N) is 1. The van der Waals surface area contributed by atoms with Gasteiger partial charge in [-0.1, -0.05) is 0 Å². The third kappa shape index (κ3) is 1.20. The van der Waals surface area contributed by atoms with Gasteiger partial charge in [0.2, 0.25) is 0 Å². The van der Waals surface area contributed by atoms with E-state index in [1.54, 1.807) is 6.92 Å². The van der Waals surface area contributed by atoms with Gasteiger partial charge in [-0.05, 0) is 6.92 Å². The van der Waals surface area contributed by atoms with Gasteiger partial charge >= 0.3 is 0 Å². The average Bonchev–Trinajstić information content (AvgIpc) is 1.83. The molecule has 4 heteroatoms. The molecule has 0 unspecified atom stereocenters. The minimum absolute atomic E-state index is 0.162. The second-order valence-electron chi connectivity index (χ2n) is 2.18. The van der Waals surface area contributed by atoms with E-state index in [4.69, 9.17) is 10.2 Å². The van der Waals surface area contributed by atoms with E-state index in [9.17, 15) is 0 Å². The summed E-state index contributed by atoms with van der Waals surface area (Å²) in [5.41, 5.74) is 2.62. The molecule has 0 amide bonds. The number of aliphatic hydroxyl groups excluding tert-OH is 2. The zero-order chi connectivity index (χ0) is 6.85. The van der Waals surface area contributed by atoms with E-state index in [2.05, 4.69) is 10.5 Å². The van der Waals surface area contributed by atoms with E-state index in [0.717, 1.165) is 0 Å². The van der Waals surface area contributed by atoms with Crippen LogP contribution in [0.25, 0.3) is 0 Å². The Kier molecular flexibility index (Phi) is 1.68. The van der Waals surface area contributed by atoms with Gasteiger partial charge < -0.3 is 15.6 Å². The molecule has 0 aromatic rings. The van der Waals surface area contributed by atoms with Gasteiger partial charge in [0, 0.05) is 0 Å². The lowest BCUT2D eigenvalue weighted by Gasteiger charge is -2.24. The smallest absolute Gasteiger partial charge is 0.119 e. The van der Waals surface area contributed by atoms with Crippen LogP contribution in [0, 0.1) is 0 Å². The number of aliphatic hydroxyl groups is 2. The molecule has 1 aliphatic rings. The maximum Gasteiger partial charge on any atom is 0.119 e. The molecule has 3 N–H and O–H groups in total. The van der Waals surface area contributed by atoms with Crippen LogP contribution in [0.4, 0.5) is 0 Å². The van der Waals surface area contributed by atoms with Crippen LogP contribution in [-0.2, 0) is 0 Å². The first-order chi connectivity index (χ1) is 4.22. The summed E-state index contributed by atoms with van der Waals surface area (Å²) in [6, 6.07) is -0.162. The van der Waals surface area contributed by atoms with Crippen molar-refractivity contribution < 1.29 is 10.2 Å².